The molecule has 0 saturated heterocycles. The number of ketones is 1. The Kier molecular flexibility index (Phi) is 4.75. The molecule has 5 nitrogen and oxygen atoms in total. The van der Waals surface area contributed by atoms with Crippen molar-refractivity contribution < 1.29 is 4.79 Å². The molecule has 0 aliphatic heterocycles. The molecule has 0 aliphatic rings. The molecule has 0 spiro atoms. The van der Waals surface area contributed by atoms with Gasteiger partial charge in [-0.3, -0.25) is 10.1 Å². The highest BCUT2D eigenvalue weighted by Gasteiger charge is 2.18. The summed E-state index contributed by atoms with van der Waals surface area (Å²) in [6.45, 7) is 0. The Morgan fingerprint density at radius 2 is 1.50 bits per heavy atom. The quantitative estimate of drug-likeness (QED) is 0.376. The molecule has 0 aliphatic carbocycles. The summed E-state index contributed by atoms with van der Waals surface area (Å²) in [5, 5.41) is 3.89. The SMILES string of the molecule is O=C(c1ccccc1)c1cnc(Nc2nc3ccccc3s2)nc1-c1ccccc1. The van der Waals surface area contributed by atoms with Gasteiger partial charge >= 0.3 is 0 Å². The number of thiazole rings is 1. The minimum Gasteiger partial charge on any atom is -0.300 e. The first kappa shape index (κ1) is 18.1. The molecule has 5 aromatic rings. The van der Waals surface area contributed by atoms with E-state index in [1.54, 1.807) is 18.3 Å². The third kappa shape index (κ3) is 3.56. The standard InChI is InChI=1S/C24H16N4OS/c29-22(17-11-5-2-6-12-17)18-15-25-23(27-21(18)16-9-3-1-4-10-16)28-24-26-19-13-7-8-14-20(19)30-24/h1-15H,(H,25,26,27,28). The van der Waals surface area contributed by atoms with Crippen LogP contribution >= 0.6 is 11.3 Å². The summed E-state index contributed by atoms with van der Waals surface area (Å²) in [4.78, 5) is 26.8. The molecular weight excluding hydrogens is 392 g/mol. The Hall–Kier alpha value is -3.90. The molecule has 0 atom stereocenters. The van der Waals surface area contributed by atoms with E-state index in [1.165, 1.54) is 11.3 Å². The van der Waals surface area contributed by atoms with Crippen LogP contribution in [-0.2, 0) is 0 Å². The molecule has 0 unspecified atom stereocenters. The van der Waals surface area contributed by atoms with Crippen molar-refractivity contribution in [2.75, 3.05) is 5.32 Å². The molecule has 0 bridgehead atoms. The Morgan fingerprint density at radius 3 is 2.27 bits per heavy atom. The number of benzene rings is 3. The third-order valence-corrected chi connectivity index (χ3v) is 5.58. The molecule has 1 N–H and O–H groups in total. The lowest BCUT2D eigenvalue weighted by Gasteiger charge is -2.10. The van der Waals surface area contributed by atoms with Crippen molar-refractivity contribution in [3.05, 3.63) is 102 Å². The fraction of sp³-hybridized carbons (Fsp3) is 0. The van der Waals surface area contributed by atoms with Crippen LogP contribution in [0.1, 0.15) is 15.9 Å². The average molecular weight is 408 g/mol. The van der Waals surface area contributed by atoms with Crippen LogP contribution in [0.25, 0.3) is 21.5 Å². The van der Waals surface area contributed by atoms with E-state index in [1.807, 2.05) is 72.8 Å². The lowest BCUT2D eigenvalue weighted by Crippen LogP contribution is -2.08. The minimum absolute atomic E-state index is 0.110. The zero-order valence-electron chi connectivity index (χ0n) is 15.8. The molecule has 0 amide bonds. The fourth-order valence-corrected chi connectivity index (χ4v) is 4.05. The van der Waals surface area contributed by atoms with Gasteiger partial charge in [-0.15, -0.1) is 0 Å². The number of fused-ring (bicyclic) bond motifs is 1. The van der Waals surface area contributed by atoms with E-state index in [-0.39, 0.29) is 5.78 Å². The highest BCUT2D eigenvalue weighted by molar-refractivity contribution is 7.22. The van der Waals surface area contributed by atoms with Crippen molar-refractivity contribution in [3.63, 3.8) is 0 Å². The fourth-order valence-electron chi connectivity index (χ4n) is 3.19. The van der Waals surface area contributed by atoms with Crippen LogP contribution in [0.3, 0.4) is 0 Å². The second-order valence-electron chi connectivity index (χ2n) is 6.63. The second-order valence-corrected chi connectivity index (χ2v) is 7.66. The summed E-state index contributed by atoms with van der Waals surface area (Å²) >= 11 is 1.53. The summed E-state index contributed by atoms with van der Waals surface area (Å²) < 4.78 is 1.08. The van der Waals surface area contributed by atoms with Crippen molar-refractivity contribution in [3.8, 4) is 11.3 Å². The monoisotopic (exact) mass is 408 g/mol. The van der Waals surface area contributed by atoms with Gasteiger partial charge in [0, 0.05) is 17.3 Å². The molecule has 30 heavy (non-hydrogen) atoms. The number of aromatic nitrogens is 3. The van der Waals surface area contributed by atoms with Gasteiger partial charge in [-0.2, -0.15) is 0 Å². The summed E-state index contributed by atoms with van der Waals surface area (Å²) in [5.41, 5.74) is 3.42. The van der Waals surface area contributed by atoms with Crippen LogP contribution in [0.2, 0.25) is 0 Å². The highest BCUT2D eigenvalue weighted by Crippen LogP contribution is 2.29. The molecule has 0 saturated carbocycles. The van der Waals surface area contributed by atoms with Crippen LogP contribution in [-0.4, -0.2) is 20.7 Å². The normalized spacial score (nSPS) is 10.8. The predicted octanol–water partition coefficient (Wildman–Crippen LogP) is 5.73. The van der Waals surface area contributed by atoms with Crippen LogP contribution in [0, 0.1) is 0 Å². The first-order valence-electron chi connectivity index (χ1n) is 9.43. The van der Waals surface area contributed by atoms with Gasteiger partial charge in [-0.1, -0.05) is 84.1 Å². The Morgan fingerprint density at radius 1 is 0.800 bits per heavy atom. The minimum atomic E-state index is -0.110. The van der Waals surface area contributed by atoms with Crippen molar-refractivity contribution in [2.24, 2.45) is 0 Å². The van der Waals surface area contributed by atoms with E-state index in [0.29, 0.717) is 27.9 Å². The van der Waals surface area contributed by atoms with Gasteiger partial charge in [0.1, 0.15) is 0 Å². The number of rotatable bonds is 5. The lowest BCUT2D eigenvalue weighted by molar-refractivity contribution is 0.103. The number of carbonyl (C=O) groups is 1. The number of anilines is 2. The van der Waals surface area contributed by atoms with E-state index in [4.69, 9.17) is 0 Å². The Balaban J connectivity index is 1.56. The summed E-state index contributed by atoms with van der Waals surface area (Å²) in [6.07, 6.45) is 1.58. The van der Waals surface area contributed by atoms with Gasteiger partial charge < -0.3 is 0 Å². The summed E-state index contributed by atoms with van der Waals surface area (Å²) in [5.74, 6) is 0.290. The molecule has 6 heteroatoms. The van der Waals surface area contributed by atoms with E-state index in [9.17, 15) is 4.79 Å². The number of hydrogen-bond donors (Lipinski definition) is 1. The van der Waals surface area contributed by atoms with Gasteiger partial charge in [0.05, 0.1) is 21.5 Å². The second kappa shape index (κ2) is 7.85. The molecule has 144 valence electrons. The zero-order valence-corrected chi connectivity index (χ0v) is 16.6. The summed E-state index contributed by atoms with van der Waals surface area (Å²) in [7, 11) is 0. The third-order valence-electron chi connectivity index (χ3n) is 4.63. The molecule has 5 rings (SSSR count). The zero-order chi connectivity index (χ0) is 20.3. The molecule has 2 heterocycles. The smallest absolute Gasteiger partial charge is 0.229 e. The predicted molar refractivity (Wildman–Crippen MR) is 120 cm³/mol. The van der Waals surface area contributed by atoms with Gasteiger partial charge in [-0.05, 0) is 12.1 Å². The first-order valence-corrected chi connectivity index (χ1v) is 10.2. The van der Waals surface area contributed by atoms with Crippen molar-refractivity contribution in [1.82, 2.24) is 15.0 Å². The number of hydrogen-bond acceptors (Lipinski definition) is 6. The van der Waals surface area contributed by atoms with Gasteiger partial charge in [0.15, 0.2) is 10.9 Å². The number of nitrogens with one attached hydrogen (secondary N) is 1. The Labute approximate surface area is 177 Å². The van der Waals surface area contributed by atoms with Gasteiger partial charge in [0.25, 0.3) is 0 Å². The lowest BCUT2D eigenvalue weighted by atomic mass is 9.99. The maximum Gasteiger partial charge on any atom is 0.229 e. The molecule has 0 radical (unpaired) electrons. The number of carbonyl (C=O) groups excluding carboxylic acids is 1. The number of para-hydroxylation sites is 1. The largest absolute Gasteiger partial charge is 0.300 e. The Bertz CT molecular complexity index is 1300. The maximum atomic E-state index is 13.1. The van der Waals surface area contributed by atoms with Crippen LogP contribution in [0.4, 0.5) is 11.1 Å². The molecular formula is C24H16N4OS. The van der Waals surface area contributed by atoms with Gasteiger partial charge in [0.2, 0.25) is 5.95 Å². The average Bonchev–Trinajstić information content (AvgIpc) is 3.22. The molecule has 0 fully saturated rings. The van der Waals surface area contributed by atoms with Crippen molar-refractivity contribution >= 4 is 38.4 Å². The van der Waals surface area contributed by atoms with Crippen molar-refractivity contribution in [1.29, 1.82) is 0 Å². The first-order chi connectivity index (χ1) is 14.8. The van der Waals surface area contributed by atoms with Gasteiger partial charge in [-0.25, -0.2) is 15.0 Å². The highest BCUT2D eigenvalue weighted by atomic mass is 32.1. The van der Waals surface area contributed by atoms with E-state index < -0.39 is 0 Å². The van der Waals surface area contributed by atoms with Crippen LogP contribution in [0.15, 0.2) is 91.1 Å². The molecule has 3 aromatic carbocycles. The van der Waals surface area contributed by atoms with Crippen molar-refractivity contribution in [2.45, 2.75) is 0 Å². The van der Waals surface area contributed by atoms with Crippen LogP contribution < -0.4 is 5.32 Å². The summed E-state index contributed by atoms with van der Waals surface area (Å²) in [6, 6.07) is 26.8. The maximum absolute atomic E-state index is 13.1. The van der Waals surface area contributed by atoms with Crippen LogP contribution in [0.5, 0.6) is 0 Å². The molecule has 2 aromatic heterocycles. The number of nitrogens with zero attached hydrogens (tertiary/aromatic N) is 3. The van der Waals surface area contributed by atoms with E-state index >= 15 is 0 Å². The van der Waals surface area contributed by atoms with E-state index in [0.717, 1.165) is 15.8 Å². The van der Waals surface area contributed by atoms with E-state index in [2.05, 4.69) is 20.3 Å². The topological polar surface area (TPSA) is 67.8 Å².